The average Bonchev–Trinajstić information content (AvgIpc) is 2.93. The number of hydrogen-bond donors (Lipinski definition) is 0. The average molecular weight is 276 g/mol. The van der Waals surface area contributed by atoms with Gasteiger partial charge in [-0.2, -0.15) is 5.26 Å². The van der Waals surface area contributed by atoms with Gasteiger partial charge < -0.3 is 4.90 Å². The Balaban J connectivity index is 1.81. The summed E-state index contributed by atoms with van der Waals surface area (Å²) >= 11 is 0. The van der Waals surface area contributed by atoms with Gasteiger partial charge in [-0.3, -0.25) is 4.79 Å². The number of benzene rings is 2. The largest absolute Gasteiger partial charge is 0.338 e. The van der Waals surface area contributed by atoms with Crippen LogP contribution in [-0.4, -0.2) is 17.4 Å². The number of hydrogen-bond acceptors (Lipinski definition) is 2. The maximum atomic E-state index is 11.6. The van der Waals surface area contributed by atoms with E-state index in [0.29, 0.717) is 18.5 Å². The molecule has 3 heteroatoms. The molecule has 0 aliphatic carbocycles. The van der Waals surface area contributed by atoms with E-state index in [0.717, 1.165) is 29.7 Å². The fraction of sp³-hybridized carbons (Fsp3) is 0.222. The molecule has 2 aromatic rings. The molecule has 104 valence electrons. The second kappa shape index (κ2) is 5.80. The lowest BCUT2D eigenvalue weighted by Gasteiger charge is -2.15. The standard InChI is InChI=1S/C18H16N2O/c19-12-16-4-1-2-5-17(16)15-9-7-14(8-10-15)13-20-11-3-6-18(20)21/h1-2,4-5,7-10H,3,6,11,13H2. The molecule has 2 aromatic carbocycles. The van der Waals surface area contributed by atoms with E-state index in [-0.39, 0.29) is 5.91 Å². The first-order valence-electron chi connectivity index (χ1n) is 7.14. The number of likely N-dealkylation sites (tertiary alicyclic amines) is 1. The third-order valence-corrected chi connectivity index (χ3v) is 3.86. The monoisotopic (exact) mass is 276 g/mol. The third kappa shape index (κ3) is 2.80. The molecule has 0 bridgehead atoms. The van der Waals surface area contributed by atoms with Gasteiger partial charge in [0, 0.05) is 19.5 Å². The van der Waals surface area contributed by atoms with E-state index in [1.807, 2.05) is 53.4 Å². The minimum atomic E-state index is 0.244. The Morgan fingerprint density at radius 1 is 1.10 bits per heavy atom. The highest BCUT2D eigenvalue weighted by atomic mass is 16.2. The summed E-state index contributed by atoms with van der Waals surface area (Å²) in [6.45, 7) is 1.54. The Kier molecular flexibility index (Phi) is 3.70. The molecule has 1 heterocycles. The van der Waals surface area contributed by atoms with Crippen LogP contribution in [0.4, 0.5) is 0 Å². The zero-order valence-corrected chi connectivity index (χ0v) is 11.7. The van der Waals surface area contributed by atoms with E-state index >= 15 is 0 Å². The van der Waals surface area contributed by atoms with E-state index < -0.39 is 0 Å². The van der Waals surface area contributed by atoms with Gasteiger partial charge in [0.25, 0.3) is 0 Å². The molecule has 1 aliphatic rings. The second-order valence-electron chi connectivity index (χ2n) is 5.27. The van der Waals surface area contributed by atoms with Crippen molar-refractivity contribution < 1.29 is 4.79 Å². The van der Waals surface area contributed by atoms with Crippen molar-refractivity contribution in [3.8, 4) is 17.2 Å². The Bertz CT molecular complexity index is 698. The molecule has 1 fully saturated rings. The molecular weight excluding hydrogens is 260 g/mol. The maximum Gasteiger partial charge on any atom is 0.222 e. The van der Waals surface area contributed by atoms with Crippen LogP contribution in [-0.2, 0) is 11.3 Å². The number of nitriles is 1. The van der Waals surface area contributed by atoms with Crippen LogP contribution in [0.25, 0.3) is 11.1 Å². The van der Waals surface area contributed by atoms with Crippen LogP contribution in [0.3, 0.4) is 0 Å². The molecule has 0 saturated carbocycles. The molecular formula is C18H16N2O. The van der Waals surface area contributed by atoms with Crippen molar-refractivity contribution in [3.63, 3.8) is 0 Å². The first-order chi connectivity index (χ1) is 10.3. The Labute approximate surface area is 124 Å². The fourth-order valence-corrected chi connectivity index (χ4v) is 2.71. The van der Waals surface area contributed by atoms with Crippen LogP contribution < -0.4 is 0 Å². The summed E-state index contributed by atoms with van der Waals surface area (Å²) in [6.07, 6.45) is 1.64. The number of amides is 1. The van der Waals surface area contributed by atoms with Crippen molar-refractivity contribution in [3.05, 3.63) is 59.7 Å². The lowest BCUT2D eigenvalue weighted by atomic mass is 9.99. The topological polar surface area (TPSA) is 44.1 Å². The van der Waals surface area contributed by atoms with Gasteiger partial charge in [-0.25, -0.2) is 0 Å². The van der Waals surface area contributed by atoms with Gasteiger partial charge in [0.15, 0.2) is 0 Å². The Hall–Kier alpha value is -2.60. The number of carbonyl (C=O) groups is 1. The van der Waals surface area contributed by atoms with Crippen molar-refractivity contribution in [2.45, 2.75) is 19.4 Å². The van der Waals surface area contributed by atoms with Crippen molar-refractivity contribution in [1.82, 2.24) is 4.90 Å². The highest BCUT2D eigenvalue weighted by Gasteiger charge is 2.19. The Morgan fingerprint density at radius 3 is 2.52 bits per heavy atom. The molecule has 0 spiro atoms. The highest BCUT2D eigenvalue weighted by molar-refractivity contribution is 5.78. The minimum absolute atomic E-state index is 0.244. The van der Waals surface area contributed by atoms with Gasteiger partial charge in [0.05, 0.1) is 11.6 Å². The van der Waals surface area contributed by atoms with E-state index in [1.54, 1.807) is 0 Å². The molecule has 1 amide bonds. The van der Waals surface area contributed by atoms with Gasteiger partial charge >= 0.3 is 0 Å². The summed E-state index contributed by atoms with van der Waals surface area (Å²) in [4.78, 5) is 13.5. The second-order valence-corrected chi connectivity index (χ2v) is 5.27. The smallest absolute Gasteiger partial charge is 0.222 e. The van der Waals surface area contributed by atoms with Crippen LogP contribution >= 0.6 is 0 Å². The molecule has 0 unspecified atom stereocenters. The molecule has 0 atom stereocenters. The van der Waals surface area contributed by atoms with Crippen molar-refractivity contribution in [1.29, 1.82) is 5.26 Å². The predicted octanol–water partition coefficient (Wildman–Crippen LogP) is 3.35. The van der Waals surface area contributed by atoms with Crippen LogP contribution in [0.15, 0.2) is 48.5 Å². The Morgan fingerprint density at radius 2 is 1.86 bits per heavy atom. The lowest BCUT2D eigenvalue weighted by Crippen LogP contribution is -2.23. The number of rotatable bonds is 3. The molecule has 1 aliphatic heterocycles. The number of nitrogens with zero attached hydrogens (tertiary/aromatic N) is 2. The summed E-state index contributed by atoms with van der Waals surface area (Å²) in [5.41, 5.74) is 3.79. The predicted molar refractivity (Wildman–Crippen MR) is 81.2 cm³/mol. The van der Waals surface area contributed by atoms with E-state index in [4.69, 9.17) is 5.26 Å². The maximum absolute atomic E-state index is 11.6. The molecule has 21 heavy (non-hydrogen) atoms. The molecule has 3 rings (SSSR count). The third-order valence-electron chi connectivity index (χ3n) is 3.86. The van der Waals surface area contributed by atoms with E-state index in [1.165, 1.54) is 0 Å². The normalized spacial score (nSPS) is 14.2. The zero-order chi connectivity index (χ0) is 14.7. The quantitative estimate of drug-likeness (QED) is 0.863. The number of carbonyl (C=O) groups excluding carboxylic acids is 1. The first kappa shape index (κ1) is 13.4. The van der Waals surface area contributed by atoms with E-state index in [9.17, 15) is 4.79 Å². The van der Waals surface area contributed by atoms with Crippen LogP contribution in [0, 0.1) is 11.3 Å². The summed E-state index contributed by atoms with van der Waals surface area (Å²) < 4.78 is 0. The summed E-state index contributed by atoms with van der Waals surface area (Å²) in [6, 6.07) is 17.9. The van der Waals surface area contributed by atoms with Crippen molar-refractivity contribution >= 4 is 5.91 Å². The lowest BCUT2D eigenvalue weighted by molar-refractivity contribution is -0.128. The summed E-state index contributed by atoms with van der Waals surface area (Å²) in [7, 11) is 0. The van der Waals surface area contributed by atoms with Crippen LogP contribution in [0.1, 0.15) is 24.0 Å². The van der Waals surface area contributed by atoms with Crippen molar-refractivity contribution in [2.24, 2.45) is 0 Å². The van der Waals surface area contributed by atoms with Gasteiger partial charge in [-0.05, 0) is 29.2 Å². The van der Waals surface area contributed by atoms with Gasteiger partial charge in [0.2, 0.25) is 5.91 Å². The molecule has 0 N–H and O–H groups in total. The van der Waals surface area contributed by atoms with Crippen molar-refractivity contribution in [2.75, 3.05) is 6.54 Å². The molecule has 3 nitrogen and oxygen atoms in total. The van der Waals surface area contributed by atoms with Crippen LogP contribution in [0.2, 0.25) is 0 Å². The molecule has 0 aromatic heterocycles. The molecule has 1 saturated heterocycles. The summed E-state index contributed by atoms with van der Waals surface area (Å²) in [5, 5.41) is 9.16. The van der Waals surface area contributed by atoms with Gasteiger partial charge in [-0.1, -0.05) is 42.5 Å². The van der Waals surface area contributed by atoms with Crippen LogP contribution in [0.5, 0.6) is 0 Å². The zero-order valence-electron chi connectivity index (χ0n) is 11.7. The van der Waals surface area contributed by atoms with Gasteiger partial charge in [0.1, 0.15) is 0 Å². The summed E-state index contributed by atoms with van der Waals surface area (Å²) in [5.74, 6) is 0.244. The SMILES string of the molecule is N#Cc1ccccc1-c1ccc(CN2CCCC2=O)cc1. The first-order valence-corrected chi connectivity index (χ1v) is 7.14. The highest BCUT2D eigenvalue weighted by Crippen LogP contribution is 2.24. The fourth-order valence-electron chi connectivity index (χ4n) is 2.71. The van der Waals surface area contributed by atoms with E-state index in [2.05, 4.69) is 6.07 Å². The molecule has 0 radical (unpaired) electrons. The van der Waals surface area contributed by atoms with Gasteiger partial charge in [-0.15, -0.1) is 0 Å². The minimum Gasteiger partial charge on any atom is -0.338 e.